The molecule has 0 bridgehead atoms. The van der Waals surface area contributed by atoms with Crippen LogP contribution in [0.15, 0.2) is 24.8 Å². The predicted molar refractivity (Wildman–Crippen MR) is 79.8 cm³/mol. The van der Waals surface area contributed by atoms with E-state index in [2.05, 4.69) is 36.1 Å². The molecule has 0 aromatic carbocycles. The van der Waals surface area contributed by atoms with Crippen molar-refractivity contribution >= 4 is 11.9 Å². The van der Waals surface area contributed by atoms with Crippen molar-refractivity contribution in [1.82, 2.24) is 35.5 Å². The molecule has 1 amide bonds. The summed E-state index contributed by atoms with van der Waals surface area (Å²) in [5.41, 5.74) is 0. The molecule has 2 rings (SSSR count). The van der Waals surface area contributed by atoms with Crippen molar-refractivity contribution in [2.24, 2.45) is 5.92 Å². The van der Waals surface area contributed by atoms with Crippen LogP contribution < -0.4 is 10.6 Å². The Balaban J connectivity index is 1.84. The molecule has 0 aliphatic heterocycles. The first-order chi connectivity index (χ1) is 10.7. The monoisotopic (exact) mass is 304 g/mol. The maximum atomic E-state index is 12.4. The first-order valence-corrected chi connectivity index (χ1v) is 7.23. The number of carbonyl (C=O) groups excluding carboxylic acids is 1. The lowest BCUT2D eigenvalue weighted by Gasteiger charge is -2.21. The number of hydrogen-bond acceptors (Lipinski definition) is 7. The van der Waals surface area contributed by atoms with Gasteiger partial charge < -0.3 is 10.6 Å². The number of anilines is 1. The lowest BCUT2D eigenvalue weighted by atomic mass is 9.98. The van der Waals surface area contributed by atoms with Gasteiger partial charge in [-0.1, -0.05) is 20.3 Å². The third-order valence-corrected chi connectivity index (χ3v) is 3.37. The van der Waals surface area contributed by atoms with Crippen LogP contribution in [0.5, 0.6) is 0 Å². The molecule has 0 saturated carbocycles. The number of amides is 1. The summed E-state index contributed by atoms with van der Waals surface area (Å²) >= 11 is 0. The zero-order valence-electron chi connectivity index (χ0n) is 12.7. The standard InChI is InChI=1S/C13H20N8O/c1-3-10(2)11(21-9-18-19-20-21)12(22)14-7-8-17-13-15-5-4-6-16-13/h4-6,9-11H,3,7-8H2,1-2H3,(H,14,22)(H,15,16,17)/t10-,11-/m0/s1. The average Bonchev–Trinajstić information content (AvgIpc) is 3.06. The molecule has 0 aliphatic rings. The Morgan fingerprint density at radius 1 is 1.32 bits per heavy atom. The van der Waals surface area contributed by atoms with Crippen LogP contribution in [0.25, 0.3) is 0 Å². The van der Waals surface area contributed by atoms with Crippen LogP contribution in [0.1, 0.15) is 26.3 Å². The van der Waals surface area contributed by atoms with Gasteiger partial charge in [-0.05, 0) is 22.4 Å². The van der Waals surface area contributed by atoms with Crippen LogP contribution in [0.3, 0.4) is 0 Å². The third kappa shape index (κ3) is 4.21. The van der Waals surface area contributed by atoms with E-state index in [9.17, 15) is 4.79 Å². The van der Waals surface area contributed by atoms with E-state index >= 15 is 0 Å². The highest BCUT2D eigenvalue weighted by Crippen LogP contribution is 2.19. The summed E-state index contributed by atoms with van der Waals surface area (Å²) < 4.78 is 1.50. The molecular weight excluding hydrogens is 284 g/mol. The quantitative estimate of drug-likeness (QED) is 0.674. The van der Waals surface area contributed by atoms with Crippen LogP contribution in [0, 0.1) is 5.92 Å². The van der Waals surface area contributed by atoms with E-state index in [0.717, 1.165) is 6.42 Å². The van der Waals surface area contributed by atoms with Gasteiger partial charge in [-0.2, -0.15) is 0 Å². The largest absolute Gasteiger partial charge is 0.352 e. The summed E-state index contributed by atoms with van der Waals surface area (Å²) in [4.78, 5) is 20.5. The molecule has 118 valence electrons. The molecule has 9 nitrogen and oxygen atoms in total. The fourth-order valence-corrected chi connectivity index (χ4v) is 2.01. The fourth-order valence-electron chi connectivity index (χ4n) is 2.01. The van der Waals surface area contributed by atoms with E-state index < -0.39 is 6.04 Å². The molecule has 9 heteroatoms. The predicted octanol–water partition coefficient (Wildman–Crippen LogP) is 0.279. The third-order valence-electron chi connectivity index (χ3n) is 3.37. The minimum Gasteiger partial charge on any atom is -0.352 e. The van der Waals surface area contributed by atoms with Gasteiger partial charge in [-0.3, -0.25) is 4.79 Å². The van der Waals surface area contributed by atoms with Gasteiger partial charge in [-0.25, -0.2) is 14.6 Å². The smallest absolute Gasteiger partial charge is 0.245 e. The molecule has 0 radical (unpaired) electrons. The number of aromatic nitrogens is 6. The van der Waals surface area contributed by atoms with Crippen molar-refractivity contribution in [2.45, 2.75) is 26.3 Å². The van der Waals surface area contributed by atoms with Crippen LogP contribution in [-0.2, 0) is 4.79 Å². The topological polar surface area (TPSA) is 111 Å². The molecular formula is C13H20N8O. The Morgan fingerprint density at radius 3 is 2.73 bits per heavy atom. The van der Waals surface area contributed by atoms with Crippen molar-refractivity contribution in [3.63, 3.8) is 0 Å². The first kappa shape index (κ1) is 15.8. The van der Waals surface area contributed by atoms with Crippen LogP contribution in [0.2, 0.25) is 0 Å². The summed E-state index contributed by atoms with van der Waals surface area (Å²) in [6.45, 7) is 5.04. The van der Waals surface area contributed by atoms with Crippen molar-refractivity contribution < 1.29 is 4.79 Å². The normalized spacial score (nSPS) is 13.4. The van der Waals surface area contributed by atoms with Gasteiger partial charge in [-0.15, -0.1) is 5.10 Å². The summed E-state index contributed by atoms with van der Waals surface area (Å²) in [5.74, 6) is 0.571. The highest BCUT2D eigenvalue weighted by molar-refractivity contribution is 5.80. The van der Waals surface area contributed by atoms with E-state index in [0.29, 0.717) is 19.0 Å². The van der Waals surface area contributed by atoms with E-state index in [1.807, 2.05) is 13.8 Å². The first-order valence-electron chi connectivity index (χ1n) is 7.23. The molecule has 0 fully saturated rings. The molecule has 2 aromatic rings. The highest BCUT2D eigenvalue weighted by Gasteiger charge is 2.26. The Morgan fingerprint density at radius 2 is 2.09 bits per heavy atom. The minimum absolute atomic E-state index is 0.0996. The van der Waals surface area contributed by atoms with Crippen LogP contribution in [-0.4, -0.2) is 49.2 Å². The van der Waals surface area contributed by atoms with Crippen molar-refractivity contribution in [1.29, 1.82) is 0 Å². The molecule has 2 atom stereocenters. The molecule has 0 saturated heterocycles. The molecule has 2 N–H and O–H groups in total. The summed E-state index contributed by atoms with van der Waals surface area (Å²) in [6.07, 6.45) is 5.63. The number of nitrogens with one attached hydrogen (secondary N) is 2. The number of nitrogens with zero attached hydrogens (tertiary/aromatic N) is 6. The maximum absolute atomic E-state index is 12.4. The molecule has 2 heterocycles. The van der Waals surface area contributed by atoms with Gasteiger partial charge in [0.05, 0.1) is 0 Å². The van der Waals surface area contributed by atoms with E-state index in [-0.39, 0.29) is 11.8 Å². The minimum atomic E-state index is -0.409. The van der Waals surface area contributed by atoms with Gasteiger partial charge in [0.2, 0.25) is 11.9 Å². The lowest BCUT2D eigenvalue weighted by Crippen LogP contribution is -2.38. The van der Waals surface area contributed by atoms with Crippen molar-refractivity contribution in [3.8, 4) is 0 Å². The van der Waals surface area contributed by atoms with Crippen molar-refractivity contribution in [3.05, 3.63) is 24.8 Å². The summed E-state index contributed by atoms with van der Waals surface area (Å²) in [6, 6.07) is 1.34. The van der Waals surface area contributed by atoms with Crippen molar-refractivity contribution in [2.75, 3.05) is 18.4 Å². The molecule has 0 spiro atoms. The Bertz CT molecular complexity index is 559. The second-order valence-corrected chi connectivity index (χ2v) is 4.91. The fraction of sp³-hybridized carbons (Fsp3) is 0.538. The second kappa shape index (κ2) is 8.01. The number of rotatable bonds is 8. The van der Waals surface area contributed by atoms with Gasteiger partial charge in [0, 0.05) is 25.5 Å². The summed E-state index contributed by atoms with van der Waals surface area (Å²) in [7, 11) is 0. The average molecular weight is 304 g/mol. The highest BCUT2D eigenvalue weighted by atomic mass is 16.2. The van der Waals surface area contributed by atoms with Gasteiger partial charge in [0.25, 0.3) is 0 Å². The Hall–Kier alpha value is -2.58. The van der Waals surface area contributed by atoms with Crippen LogP contribution in [0.4, 0.5) is 5.95 Å². The zero-order valence-corrected chi connectivity index (χ0v) is 12.7. The van der Waals surface area contributed by atoms with Gasteiger partial charge in [0.15, 0.2) is 0 Å². The molecule has 0 aliphatic carbocycles. The number of tetrazole rings is 1. The van der Waals surface area contributed by atoms with E-state index in [1.54, 1.807) is 18.5 Å². The molecule has 0 unspecified atom stereocenters. The lowest BCUT2D eigenvalue weighted by molar-refractivity contribution is -0.126. The summed E-state index contributed by atoms with van der Waals surface area (Å²) in [5, 5.41) is 17.0. The van der Waals surface area contributed by atoms with E-state index in [1.165, 1.54) is 11.0 Å². The Kier molecular flexibility index (Phi) is 5.75. The second-order valence-electron chi connectivity index (χ2n) is 4.91. The number of carbonyl (C=O) groups is 1. The van der Waals surface area contributed by atoms with Gasteiger partial charge >= 0.3 is 0 Å². The maximum Gasteiger partial charge on any atom is 0.245 e. The van der Waals surface area contributed by atoms with Crippen LogP contribution >= 0.6 is 0 Å². The molecule has 22 heavy (non-hydrogen) atoms. The molecule has 2 aromatic heterocycles. The van der Waals surface area contributed by atoms with Gasteiger partial charge in [0.1, 0.15) is 12.4 Å². The number of hydrogen-bond donors (Lipinski definition) is 2. The zero-order chi connectivity index (χ0) is 15.8. The SMILES string of the molecule is CC[C@H](C)[C@@H](C(=O)NCCNc1ncccn1)n1cnnn1. The van der Waals surface area contributed by atoms with E-state index in [4.69, 9.17) is 0 Å². The Labute approximate surface area is 128 Å².